The zero-order valence-corrected chi connectivity index (χ0v) is 25.3. The van der Waals surface area contributed by atoms with Gasteiger partial charge in [0.1, 0.15) is 30.4 Å². The standard InChI is InChI=1S/C32H44N4O7/c1-32(2,3)43-31(40)35(14-13-34-15-17-41-18-16-34)19-22-7-9-23(10-8-22)21-42-27-6-4-5-24-25(27)20-36(30(24)39)26-11-12-28(37)33-29(26)38/h4-10,26,28-29,33,37-38H,11-21H2,1-3H3. The predicted octanol–water partition coefficient (Wildman–Crippen LogP) is 2.68. The Morgan fingerprint density at radius 3 is 2.49 bits per heavy atom. The molecule has 3 aliphatic heterocycles. The molecule has 2 fully saturated rings. The maximum absolute atomic E-state index is 13.2. The number of piperidine rings is 1. The Bertz CT molecular complexity index is 1260. The molecule has 2 aromatic rings. The number of aliphatic hydroxyl groups is 2. The zero-order valence-electron chi connectivity index (χ0n) is 25.3. The van der Waals surface area contributed by atoms with Crippen LogP contribution >= 0.6 is 0 Å². The number of aliphatic hydroxyl groups excluding tert-OH is 2. The molecule has 0 radical (unpaired) electrons. The van der Waals surface area contributed by atoms with Crippen molar-refractivity contribution >= 4 is 12.0 Å². The third-order valence-corrected chi connectivity index (χ3v) is 8.05. The maximum atomic E-state index is 13.2. The molecule has 2 aromatic carbocycles. The average Bonchev–Trinajstić information content (AvgIpc) is 3.31. The highest BCUT2D eigenvalue weighted by molar-refractivity contribution is 5.99. The van der Waals surface area contributed by atoms with Crippen molar-refractivity contribution in [1.82, 2.24) is 20.0 Å². The number of benzene rings is 2. The summed E-state index contributed by atoms with van der Waals surface area (Å²) in [6.45, 7) is 11.2. The Labute approximate surface area is 253 Å². The van der Waals surface area contributed by atoms with Crippen molar-refractivity contribution in [3.05, 3.63) is 64.7 Å². The number of hydrogen-bond acceptors (Lipinski definition) is 9. The van der Waals surface area contributed by atoms with E-state index in [1.54, 1.807) is 21.9 Å². The van der Waals surface area contributed by atoms with E-state index in [2.05, 4.69) is 10.2 Å². The fourth-order valence-corrected chi connectivity index (χ4v) is 5.70. The molecule has 2 saturated heterocycles. The van der Waals surface area contributed by atoms with Gasteiger partial charge in [-0.05, 0) is 56.9 Å². The molecule has 0 saturated carbocycles. The third kappa shape index (κ3) is 8.04. The Morgan fingerprint density at radius 2 is 1.79 bits per heavy atom. The van der Waals surface area contributed by atoms with Gasteiger partial charge in [-0.25, -0.2) is 4.79 Å². The molecule has 2 amide bonds. The van der Waals surface area contributed by atoms with Crippen LogP contribution in [0.4, 0.5) is 4.79 Å². The van der Waals surface area contributed by atoms with Crippen molar-refractivity contribution in [3.63, 3.8) is 0 Å². The van der Waals surface area contributed by atoms with Gasteiger partial charge in [-0.1, -0.05) is 30.3 Å². The molecule has 3 aliphatic rings. The number of nitrogens with zero attached hydrogens (tertiary/aromatic N) is 3. The highest BCUT2D eigenvalue weighted by atomic mass is 16.6. The van der Waals surface area contributed by atoms with Gasteiger partial charge in [-0.3, -0.25) is 15.0 Å². The fraction of sp³-hybridized carbons (Fsp3) is 0.562. The Kier molecular flexibility index (Phi) is 9.88. The molecule has 0 spiro atoms. The van der Waals surface area contributed by atoms with Crippen LogP contribution in [0.1, 0.15) is 60.7 Å². The normalized spacial score (nSPS) is 22.8. The van der Waals surface area contributed by atoms with E-state index in [4.69, 9.17) is 14.2 Å². The minimum absolute atomic E-state index is 0.143. The average molecular weight is 597 g/mol. The van der Waals surface area contributed by atoms with Gasteiger partial charge < -0.3 is 34.2 Å². The number of carbonyl (C=O) groups is 2. The molecule has 0 aromatic heterocycles. The summed E-state index contributed by atoms with van der Waals surface area (Å²) in [7, 11) is 0. The summed E-state index contributed by atoms with van der Waals surface area (Å²) >= 11 is 0. The highest BCUT2D eigenvalue weighted by Crippen LogP contribution is 2.34. The predicted molar refractivity (Wildman–Crippen MR) is 159 cm³/mol. The second-order valence-corrected chi connectivity index (χ2v) is 12.4. The zero-order chi connectivity index (χ0) is 30.6. The van der Waals surface area contributed by atoms with Crippen LogP contribution in [0.25, 0.3) is 0 Å². The lowest BCUT2D eigenvalue weighted by Gasteiger charge is -2.37. The first-order chi connectivity index (χ1) is 20.6. The molecule has 43 heavy (non-hydrogen) atoms. The van der Waals surface area contributed by atoms with Gasteiger partial charge in [0.25, 0.3) is 5.91 Å². The van der Waals surface area contributed by atoms with Crippen LogP contribution in [0.15, 0.2) is 42.5 Å². The summed E-state index contributed by atoms with van der Waals surface area (Å²) in [4.78, 5) is 31.9. The van der Waals surface area contributed by atoms with Crippen LogP contribution in [-0.2, 0) is 29.2 Å². The number of morpholine rings is 1. The van der Waals surface area contributed by atoms with E-state index < -0.39 is 24.1 Å². The van der Waals surface area contributed by atoms with Crippen LogP contribution in [-0.4, -0.2) is 100 Å². The molecule has 11 heteroatoms. The summed E-state index contributed by atoms with van der Waals surface area (Å²) in [6.07, 6.45) is -1.12. The van der Waals surface area contributed by atoms with Gasteiger partial charge in [-0.15, -0.1) is 0 Å². The van der Waals surface area contributed by atoms with E-state index in [-0.39, 0.29) is 12.0 Å². The van der Waals surface area contributed by atoms with Gasteiger partial charge in [0.2, 0.25) is 0 Å². The lowest BCUT2D eigenvalue weighted by atomic mass is 10.0. The summed E-state index contributed by atoms with van der Waals surface area (Å²) in [5.74, 6) is 0.491. The van der Waals surface area contributed by atoms with Crippen LogP contribution in [0.2, 0.25) is 0 Å². The van der Waals surface area contributed by atoms with Crippen LogP contribution in [0.3, 0.4) is 0 Å². The number of rotatable bonds is 9. The topological polar surface area (TPSA) is 124 Å². The quantitative estimate of drug-likeness (QED) is 0.401. The van der Waals surface area contributed by atoms with Gasteiger partial charge in [-0.2, -0.15) is 0 Å². The SMILES string of the molecule is CC(C)(C)OC(=O)N(CCN1CCOCC1)Cc1ccc(COc2cccc3c2CN(C2CCC(O)NC2O)C3=O)cc1. The second-order valence-electron chi connectivity index (χ2n) is 12.4. The largest absolute Gasteiger partial charge is 0.489 e. The monoisotopic (exact) mass is 596 g/mol. The Morgan fingerprint density at radius 1 is 1.07 bits per heavy atom. The summed E-state index contributed by atoms with van der Waals surface area (Å²) in [5, 5.41) is 22.9. The number of amides is 2. The molecule has 0 aliphatic carbocycles. The molecular formula is C32H44N4O7. The van der Waals surface area contributed by atoms with E-state index >= 15 is 0 Å². The second kappa shape index (κ2) is 13.6. The molecule has 234 valence electrons. The van der Waals surface area contributed by atoms with Crippen molar-refractivity contribution in [2.24, 2.45) is 0 Å². The van der Waals surface area contributed by atoms with Gasteiger partial charge in [0.05, 0.1) is 25.8 Å². The highest BCUT2D eigenvalue weighted by Gasteiger charge is 2.40. The first-order valence-electron chi connectivity index (χ1n) is 15.1. The lowest BCUT2D eigenvalue weighted by Crippen LogP contribution is -2.56. The maximum Gasteiger partial charge on any atom is 0.410 e. The van der Waals surface area contributed by atoms with Crippen LogP contribution in [0, 0.1) is 0 Å². The molecule has 3 unspecified atom stereocenters. The number of fused-ring (bicyclic) bond motifs is 1. The van der Waals surface area contributed by atoms with Crippen molar-refractivity contribution in [3.8, 4) is 5.75 Å². The first kappa shape index (κ1) is 31.2. The number of nitrogens with one attached hydrogen (secondary N) is 1. The fourth-order valence-electron chi connectivity index (χ4n) is 5.70. The van der Waals surface area contributed by atoms with Crippen molar-refractivity contribution in [2.45, 2.75) is 77.4 Å². The van der Waals surface area contributed by atoms with Crippen LogP contribution in [0.5, 0.6) is 5.75 Å². The Balaban J connectivity index is 1.20. The molecule has 3 atom stereocenters. The van der Waals surface area contributed by atoms with E-state index in [9.17, 15) is 19.8 Å². The molecule has 3 heterocycles. The van der Waals surface area contributed by atoms with Crippen molar-refractivity contribution < 1.29 is 34.0 Å². The summed E-state index contributed by atoms with van der Waals surface area (Å²) < 4.78 is 17.3. The summed E-state index contributed by atoms with van der Waals surface area (Å²) in [6, 6.07) is 13.0. The van der Waals surface area contributed by atoms with E-state index in [1.165, 1.54) is 0 Å². The first-order valence-corrected chi connectivity index (χ1v) is 15.1. The van der Waals surface area contributed by atoms with E-state index in [0.717, 1.165) is 36.3 Å². The number of carbonyl (C=O) groups excluding carboxylic acids is 2. The summed E-state index contributed by atoms with van der Waals surface area (Å²) in [5.41, 5.74) is 2.75. The van der Waals surface area contributed by atoms with Crippen molar-refractivity contribution in [2.75, 3.05) is 39.4 Å². The number of hydrogen-bond donors (Lipinski definition) is 3. The minimum Gasteiger partial charge on any atom is -0.489 e. The van der Waals surface area contributed by atoms with Crippen LogP contribution < -0.4 is 10.1 Å². The number of ether oxygens (including phenoxy) is 3. The van der Waals surface area contributed by atoms with Gasteiger partial charge >= 0.3 is 6.09 Å². The Hall–Kier alpha value is -3.22. The van der Waals surface area contributed by atoms with Gasteiger partial charge in [0.15, 0.2) is 0 Å². The molecule has 0 bridgehead atoms. The molecule has 11 nitrogen and oxygen atoms in total. The molecule has 5 rings (SSSR count). The molecule has 3 N–H and O–H groups in total. The molecular weight excluding hydrogens is 552 g/mol. The third-order valence-electron chi connectivity index (χ3n) is 8.05. The smallest absolute Gasteiger partial charge is 0.410 e. The minimum atomic E-state index is -0.990. The van der Waals surface area contributed by atoms with Gasteiger partial charge in [0, 0.05) is 43.9 Å². The van der Waals surface area contributed by atoms with Crippen molar-refractivity contribution in [1.29, 1.82) is 0 Å². The van der Waals surface area contributed by atoms with E-state index in [0.29, 0.717) is 63.6 Å². The lowest BCUT2D eigenvalue weighted by molar-refractivity contribution is -0.0478. The van der Waals surface area contributed by atoms with E-state index in [1.807, 2.05) is 51.1 Å².